The Morgan fingerprint density at radius 3 is 2.62 bits per heavy atom. The standard InChI is InChI=1S/C12H11N4/c1-16-9-5-4-8-12(16)10-6-2-3-7-11(10)14-15-13/h2-9H,1H3/q+1. The number of nitrogens with zero attached hydrogens (tertiary/aromatic N) is 4. The first-order chi connectivity index (χ1) is 7.83. The van der Waals surface area contributed by atoms with Crippen molar-refractivity contribution in [2.24, 2.45) is 5.10 Å². The van der Waals surface area contributed by atoms with Gasteiger partial charge in [-0.25, -0.2) is 0 Å². The molecule has 0 aromatic carbocycles. The third-order valence-corrected chi connectivity index (χ3v) is 2.39. The van der Waals surface area contributed by atoms with Gasteiger partial charge in [-0.05, 0) is 18.2 Å². The van der Waals surface area contributed by atoms with Crippen LogP contribution in [0.25, 0.3) is 5.08 Å². The maximum absolute atomic E-state index is 8.51. The Kier molecular flexibility index (Phi) is 2.79. The smallest absolute Gasteiger partial charge is 0.339 e. The van der Waals surface area contributed by atoms with Crippen molar-refractivity contribution in [2.45, 2.75) is 0 Å². The van der Waals surface area contributed by atoms with Gasteiger partial charge in [0, 0.05) is 18.8 Å². The fourth-order valence-electron chi connectivity index (χ4n) is 1.63. The average Bonchev–Trinajstić information content (AvgIpc) is 2.31. The van der Waals surface area contributed by atoms with E-state index in [2.05, 4.69) is 10.2 Å². The maximum Gasteiger partial charge on any atom is 0.339 e. The number of likely N-dealkylation sites (N-methyl/N-ethyl adjacent to an activating group) is 1. The predicted molar refractivity (Wildman–Crippen MR) is 63.9 cm³/mol. The molecule has 0 saturated carbocycles. The first-order valence-electron chi connectivity index (χ1n) is 4.92. The van der Waals surface area contributed by atoms with Gasteiger partial charge in [0.2, 0.25) is 0 Å². The molecule has 0 amide bonds. The molecular weight excluding hydrogens is 200 g/mol. The third-order valence-electron chi connectivity index (χ3n) is 2.39. The minimum Gasteiger partial charge on any atom is -0.351 e. The van der Waals surface area contributed by atoms with Crippen molar-refractivity contribution in [2.75, 3.05) is 7.05 Å². The second kappa shape index (κ2) is 4.41. The van der Waals surface area contributed by atoms with Crippen LogP contribution < -0.4 is 0 Å². The summed E-state index contributed by atoms with van der Waals surface area (Å²) in [7, 11) is 1.96. The Hall–Kier alpha value is -2.41. The number of hydrogen-bond acceptors (Lipinski definition) is 3. The molecule has 16 heavy (non-hydrogen) atoms. The molecule has 0 aromatic heterocycles. The zero-order chi connectivity index (χ0) is 11.4. The van der Waals surface area contributed by atoms with Gasteiger partial charge in [0.15, 0.2) is 10.8 Å². The molecule has 0 radical (unpaired) electrons. The second-order valence-electron chi connectivity index (χ2n) is 3.40. The lowest BCUT2D eigenvalue weighted by molar-refractivity contribution is 0.581. The Morgan fingerprint density at radius 1 is 1.12 bits per heavy atom. The summed E-state index contributed by atoms with van der Waals surface area (Å²) in [6, 6.07) is 0. The molecule has 0 saturated heterocycles. The van der Waals surface area contributed by atoms with Crippen LogP contribution in [0.1, 0.15) is 0 Å². The molecule has 4 heteroatoms. The maximum atomic E-state index is 8.51. The molecule has 1 aliphatic carbocycles. The summed E-state index contributed by atoms with van der Waals surface area (Å²) >= 11 is 0. The van der Waals surface area contributed by atoms with Crippen molar-refractivity contribution in [3.63, 3.8) is 0 Å². The van der Waals surface area contributed by atoms with Crippen molar-refractivity contribution in [1.82, 2.24) is 4.90 Å². The van der Waals surface area contributed by atoms with Crippen LogP contribution in [0.4, 0.5) is 0 Å². The molecule has 2 rings (SSSR count). The van der Waals surface area contributed by atoms with E-state index in [0.29, 0.717) is 5.71 Å². The fourth-order valence-corrected chi connectivity index (χ4v) is 1.63. The molecule has 0 atom stereocenters. The van der Waals surface area contributed by atoms with Crippen LogP contribution >= 0.6 is 0 Å². The van der Waals surface area contributed by atoms with Gasteiger partial charge in [-0.3, -0.25) is 0 Å². The molecule has 0 spiro atoms. The second-order valence-corrected chi connectivity index (χ2v) is 3.40. The summed E-state index contributed by atoms with van der Waals surface area (Å²) in [6.07, 6.45) is 15.4. The Morgan fingerprint density at radius 2 is 1.88 bits per heavy atom. The van der Waals surface area contributed by atoms with Crippen LogP contribution in [-0.2, 0) is 0 Å². The monoisotopic (exact) mass is 211 g/mol. The molecule has 1 aliphatic heterocycles. The highest BCUT2D eigenvalue weighted by molar-refractivity contribution is 6.12. The van der Waals surface area contributed by atoms with Crippen molar-refractivity contribution in [3.8, 4) is 0 Å². The zero-order valence-corrected chi connectivity index (χ0v) is 8.91. The summed E-state index contributed by atoms with van der Waals surface area (Å²) in [6.45, 7) is 0. The first kappa shape index (κ1) is 10.1. The van der Waals surface area contributed by atoms with Crippen LogP contribution in [0.15, 0.2) is 65.1 Å². The van der Waals surface area contributed by atoms with E-state index in [4.69, 9.17) is 5.39 Å². The number of allylic oxidation sites excluding steroid dienone is 8. The van der Waals surface area contributed by atoms with E-state index in [9.17, 15) is 0 Å². The summed E-state index contributed by atoms with van der Waals surface area (Å²) in [4.78, 5) is 1.99. The molecule has 0 aromatic rings. The molecule has 4 nitrogen and oxygen atoms in total. The minimum absolute atomic E-state index is 0.645. The highest BCUT2D eigenvalue weighted by atomic mass is 15.2. The van der Waals surface area contributed by atoms with Gasteiger partial charge in [-0.15, -0.1) is 0 Å². The largest absolute Gasteiger partial charge is 0.351 e. The zero-order valence-electron chi connectivity index (χ0n) is 8.91. The molecule has 78 valence electrons. The van der Waals surface area contributed by atoms with E-state index in [1.807, 2.05) is 60.7 Å². The Bertz CT molecular complexity index is 510. The van der Waals surface area contributed by atoms with Crippen molar-refractivity contribution < 1.29 is 0 Å². The van der Waals surface area contributed by atoms with Gasteiger partial charge in [0.05, 0.1) is 5.70 Å². The van der Waals surface area contributed by atoms with E-state index < -0.39 is 0 Å². The highest BCUT2D eigenvalue weighted by Gasteiger charge is 2.15. The Labute approximate surface area is 93.9 Å². The van der Waals surface area contributed by atoms with Gasteiger partial charge in [-0.1, -0.05) is 24.3 Å². The van der Waals surface area contributed by atoms with Crippen LogP contribution in [0.2, 0.25) is 0 Å². The predicted octanol–water partition coefficient (Wildman–Crippen LogP) is 2.59. The first-order valence-corrected chi connectivity index (χ1v) is 4.92. The van der Waals surface area contributed by atoms with Gasteiger partial charge in [-0.2, -0.15) is 0 Å². The number of diazo groups is 1. The lowest BCUT2D eigenvalue weighted by atomic mass is 10.0. The van der Waals surface area contributed by atoms with Crippen molar-refractivity contribution in [1.29, 1.82) is 5.39 Å². The normalized spacial score (nSPS) is 25.2. The van der Waals surface area contributed by atoms with Gasteiger partial charge in [0.25, 0.3) is 5.39 Å². The summed E-state index contributed by atoms with van der Waals surface area (Å²) in [5.74, 6) is 0. The van der Waals surface area contributed by atoms with Gasteiger partial charge in [0.1, 0.15) is 0 Å². The van der Waals surface area contributed by atoms with Crippen molar-refractivity contribution >= 4 is 5.71 Å². The van der Waals surface area contributed by atoms with Crippen molar-refractivity contribution in [3.05, 3.63) is 65.1 Å². The molecule has 0 bridgehead atoms. The Balaban J connectivity index is 2.50. The fraction of sp³-hybridized carbons (Fsp3) is 0.0833. The molecule has 0 N–H and O–H groups in total. The van der Waals surface area contributed by atoms with Crippen LogP contribution in [0.3, 0.4) is 0 Å². The molecule has 0 fully saturated rings. The number of rotatable bonds is 0. The summed E-state index contributed by atoms with van der Waals surface area (Å²) in [5, 5.41) is 15.0. The van der Waals surface area contributed by atoms with E-state index in [-0.39, 0.29) is 0 Å². The minimum atomic E-state index is 0.645. The average molecular weight is 211 g/mol. The van der Waals surface area contributed by atoms with E-state index in [1.54, 1.807) is 0 Å². The highest BCUT2D eigenvalue weighted by Crippen LogP contribution is 2.20. The van der Waals surface area contributed by atoms with E-state index in [0.717, 1.165) is 11.3 Å². The van der Waals surface area contributed by atoms with Gasteiger partial charge < -0.3 is 4.90 Å². The SMILES string of the molecule is CN1C=CC=CC1=C1C=CC=CC1=N[N+]#N. The van der Waals surface area contributed by atoms with Crippen LogP contribution in [-0.4, -0.2) is 17.7 Å². The third kappa shape index (κ3) is 1.84. The number of hydrogen-bond donors (Lipinski definition) is 0. The molecular formula is C12H11N4+. The lowest BCUT2D eigenvalue weighted by Gasteiger charge is -2.21. The lowest BCUT2D eigenvalue weighted by Crippen LogP contribution is -2.16. The molecule has 1 heterocycles. The van der Waals surface area contributed by atoms with Crippen LogP contribution in [0, 0.1) is 5.39 Å². The quantitative estimate of drug-likeness (QED) is 0.456. The van der Waals surface area contributed by atoms with Crippen LogP contribution in [0.5, 0.6) is 0 Å². The van der Waals surface area contributed by atoms with E-state index >= 15 is 0 Å². The topological polar surface area (TPSA) is 43.8 Å². The molecule has 0 unspecified atom stereocenters. The summed E-state index contributed by atoms with van der Waals surface area (Å²) < 4.78 is 0. The van der Waals surface area contributed by atoms with Gasteiger partial charge >= 0.3 is 5.08 Å². The van der Waals surface area contributed by atoms with E-state index in [1.165, 1.54) is 0 Å². The summed E-state index contributed by atoms with van der Waals surface area (Å²) in [5.41, 5.74) is 2.60. The molecule has 2 aliphatic rings.